The predicted octanol–water partition coefficient (Wildman–Crippen LogP) is 7.57. The summed E-state index contributed by atoms with van der Waals surface area (Å²) in [6.45, 7) is 0. The van der Waals surface area contributed by atoms with Gasteiger partial charge in [-0.25, -0.2) is 0 Å². The molecular weight excluding hydrogens is 640 g/mol. The maximum atomic E-state index is 11.9. The van der Waals surface area contributed by atoms with Crippen LogP contribution < -0.4 is 0 Å². The van der Waals surface area contributed by atoms with E-state index in [1.165, 1.54) is 0 Å². The molecule has 2 aromatic carbocycles. The molecule has 0 fully saturated rings. The van der Waals surface area contributed by atoms with Crippen molar-refractivity contribution in [1.29, 1.82) is 0 Å². The third-order valence-corrected chi connectivity index (χ3v) is 5.08. The molecule has 0 N–H and O–H groups in total. The zero-order valence-electron chi connectivity index (χ0n) is 9.06. The number of halogens is 6. The van der Waals surface area contributed by atoms with Gasteiger partial charge in [0.25, 0.3) is 0 Å². The average Bonchev–Trinajstić information content (AvgIpc) is 2.25. The van der Waals surface area contributed by atoms with E-state index >= 15 is 0 Å². The van der Waals surface area contributed by atoms with Crippen molar-refractivity contribution in [3.8, 4) is 5.75 Å². The van der Waals surface area contributed by atoms with Gasteiger partial charge < -0.3 is 0 Å². The van der Waals surface area contributed by atoms with Crippen LogP contribution in [0.5, 0.6) is 5.75 Å². The van der Waals surface area contributed by atoms with Crippen molar-refractivity contribution in [3.05, 3.63) is 41.5 Å². The summed E-state index contributed by atoms with van der Waals surface area (Å²) < 4.78 is -1.20. The van der Waals surface area contributed by atoms with Gasteiger partial charge in [0.2, 0.25) is 0 Å². The number of hydrogen-bond acceptors (Lipinski definition) is 0. The Labute approximate surface area is 161 Å². The quantitative estimate of drug-likeness (QED) is 0.264. The lowest BCUT2D eigenvalue weighted by Gasteiger charge is -2.25. The average molecular weight is 645 g/mol. The molecule has 2 aromatic rings. The van der Waals surface area contributed by atoms with Gasteiger partial charge in [-0.1, -0.05) is 120 Å². The van der Waals surface area contributed by atoms with Gasteiger partial charge in [0.15, 0.2) is 10.0 Å². The van der Waals surface area contributed by atoms with Crippen molar-refractivity contribution >= 4 is 106 Å². The topological polar surface area (TPSA) is 19.9 Å². The van der Waals surface area contributed by atoms with Gasteiger partial charge in [0.1, 0.15) is 0 Å². The molecule has 0 saturated heterocycles. The Balaban J connectivity index is 2.94. The Morgan fingerprint density at radius 3 is 1.89 bits per heavy atom. The minimum atomic E-state index is -0.629. The van der Waals surface area contributed by atoms with E-state index in [-0.39, 0.29) is 5.75 Å². The summed E-state index contributed by atoms with van der Waals surface area (Å²) in [5.74, 6) is 0.00590. The highest BCUT2D eigenvalue weighted by Gasteiger charge is 2.34. The second-order valence-electron chi connectivity index (χ2n) is 3.83. The highest BCUT2D eigenvalue weighted by Crippen LogP contribution is 2.55. The first-order chi connectivity index (χ1) is 8.62. The fraction of sp³-hybridized carbons (Fsp3) is 0.167. The van der Waals surface area contributed by atoms with Crippen LogP contribution in [0.25, 0.3) is 10.8 Å². The molecule has 0 aliphatic heterocycles. The first-order valence-electron chi connectivity index (χ1n) is 4.99. The Bertz CT molecular complexity index is 626. The van der Waals surface area contributed by atoms with E-state index in [0.717, 1.165) is 16.5 Å². The van der Waals surface area contributed by atoms with E-state index in [9.17, 15) is 5.11 Å². The van der Waals surface area contributed by atoms with Crippen LogP contribution in [0.15, 0.2) is 30.3 Å². The van der Waals surface area contributed by atoms with Crippen LogP contribution in [-0.4, -0.2) is 0 Å². The fourth-order valence-electron chi connectivity index (χ4n) is 1.87. The smallest absolute Gasteiger partial charge is 0.186 e. The number of benzene rings is 2. The van der Waals surface area contributed by atoms with Crippen molar-refractivity contribution in [1.82, 2.24) is 0 Å². The molecule has 0 unspecified atom stereocenters. The van der Waals surface area contributed by atoms with Crippen LogP contribution in [0.1, 0.15) is 11.1 Å². The minimum absolute atomic E-state index is 0.00590. The zero-order chi connectivity index (χ0) is 14.4. The molecule has 19 heavy (non-hydrogen) atoms. The molecule has 7 heteroatoms. The van der Waals surface area contributed by atoms with Crippen molar-refractivity contribution in [2.24, 2.45) is 0 Å². The van der Waals surface area contributed by atoms with Crippen molar-refractivity contribution in [2.45, 2.75) is 4.29 Å². The number of alkyl halides is 6. The highest BCUT2D eigenvalue weighted by atomic mass is 80.0. The van der Waals surface area contributed by atoms with Crippen LogP contribution in [0.2, 0.25) is 0 Å². The third-order valence-electron chi connectivity index (χ3n) is 2.61. The van der Waals surface area contributed by atoms with Crippen LogP contribution in [0, 0.1) is 0 Å². The molecule has 0 amide bonds. The van der Waals surface area contributed by atoms with E-state index in [4.69, 9.17) is 0 Å². The van der Waals surface area contributed by atoms with Gasteiger partial charge in [-0.15, -0.1) is 0 Å². The molecule has 1 nitrogen and oxygen atoms in total. The Hall–Kier alpha value is 1.38. The second kappa shape index (κ2) is 5.88. The lowest BCUT2D eigenvalue weighted by molar-refractivity contribution is 0.360. The molecule has 0 bridgehead atoms. The first-order valence-corrected chi connectivity index (χ1v) is 9.75. The molecule has 0 aliphatic rings. The van der Waals surface area contributed by atoms with Gasteiger partial charge in [-0.3, -0.25) is 5.11 Å². The predicted molar refractivity (Wildman–Crippen MR) is 101 cm³/mol. The van der Waals surface area contributed by atoms with Crippen molar-refractivity contribution < 1.29 is 5.11 Å². The molecule has 1 radical (unpaired) electrons. The third kappa shape index (κ3) is 3.59. The summed E-state index contributed by atoms with van der Waals surface area (Å²) in [7, 11) is 0. The number of hydrogen-bond donors (Lipinski definition) is 0. The van der Waals surface area contributed by atoms with E-state index < -0.39 is 4.29 Å². The highest BCUT2D eigenvalue weighted by molar-refractivity contribution is 9.39. The molecule has 0 saturated carbocycles. The molecule has 0 aromatic heterocycles. The molecule has 0 heterocycles. The summed E-state index contributed by atoms with van der Waals surface area (Å²) in [5.41, 5.74) is 1.85. The van der Waals surface area contributed by atoms with Gasteiger partial charge in [0.05, 0.1) is 0 Å². The summed E-state index contributed by atoms with van der Waals surface area (Å²) in [5, 5.41) is 13.5. The fourth-order valence-corrected chi connectivity index (χ4v) is 4.14. The largest absolute Gasteiger partial charge is 0.289 e. The maximum absolute atomic E-state index is 11.9. The summed E-state index contributed by atoms with van der Waals surface area (Å²) >= 11 is 21.2. The summed E-state index contributed by atoms with van der Waals surface area (Å²) in [6.07, 6.45) is 0. The Morgan fingerprint density at radius 2 is 1.37 bits per heavy atom. The van der Waals surface area contributed by atoms with Crippen LogP contribution in [0.3, 0.4) is 0 Å². The monoisotopic (exact) mass is 639 g/mol. The van der Waals surface area contributed by atoms with Gasteiger partial charge in [-0.2, -0.15) is 0 Å². The molecular formula is C12H5Br6O. The van der Waals surface area contributed by atoms with Gasteiger partial charge >= 0.3 is 0 Å². The van der Waals surface area contributed by atoms with E-state index in [2.05, 4.69) is 95.6 Å². The van der Waals surface area contributed by atoms with Crippen molar-refractivity contribution in [3.63, 3.8) is 0 Å². The van der Waals surface area contributed by atoms with E-state index in [1.807, 2.05) is 18.2 Å². The van der Waals surface area contributed by atoms with Crippen LogP contribution in [-0.2, 0) is 9.39 Å². The molecule has 0 aliphatic carbocycles. The normalized spacial score (nSPS) is 12.9. The van der Waals surface area contributed by atoms with Gasteiger partial charge in [0, 0.05) is 10.9 Å². The maximum Gasteiger partial charge on any atom is 0.186 e. The Kier molecular flexibility index (Phi) is 5.18. The first kappa shape index (κ1) is 16.7. The summed E-state index contributed by atoms with van der Waals surface area (Å²) in [4.78, 5) is 0. The molecule has 0 atom stereocenters. The lowest BCUT2D eigenvalue weighted by Crippen LogP contribution is -2.10. The van der Waals surface area contributed by atoms with E-state index in [1.54, 1.807) is 12.1 Å². The minimum Gasteiger partial charge on any atom is -0.289 e. The SMILES string of the molecule is [O]c1cccc2c(C(Br)(Br)Br)c(C(Br)(Br)Br)ccc12. The van der Waals surface area contributed by atoms with Crippen LogP contribution in [0.4, 0.5) is 0 Å². The van der Waals surface area contributed by atoms with E-state index in [0.29, 0.717) is 5.39 Å². The second-order valence-corrected chi connectivity index (χ2v) is 17.4. The van der Waals surface area contributed by atoms with Crippen LogP contribution >= 0.6 is 95.6 Å². The summed E-state index contributed by atoms with van der Waals surface area (Å²) in [6, 6.07) is 8.97. The standard InChI is InChI=1S/C12H5Br6O/c13-11(14,15)8-5-4-6-7(2-1-3-9(6)19)10(8)12(16,17)18/h1-5H. The molecule has 0 spiro atoms. The van der Waals surface area contributed by atoms with Gasteiger partial charge in [-0.05, 0) is 17.0 Å². The zero-order valence-corrected chi connectivity index (χ0v) is 18.6. The number of fused-ring (bicyclic) bond motifs is 1. The Morgan fingerprint density at radius 1 is 0.737 bits per heavy atom. The van der Waals surface area contributed by atoms with Crippen molar-refractivity contribution in [2.75, 3.05) is 0 Å². The molecule has 2 rings (SSSR count). The molecule has 101 valence electrons. The lowest BCUT2D eigenvalue weighted by atomic mass is 10.0. The number of rotatable bonds is 0.